The second kappa shape index (κ2) is 20.2. The molecule has 0 fully saturated rings. The normalized spacial score (nSPS) is 12.2. The largest absolute Gasteiger partial charge is 0.493 e. The van der Waals surface area contributed by atoms with Crippen LogP contribution in [0.25, 0.3) is 16.8 Å². The molecule has 2 N–H and O–H groups in total. The van der Waals surface area contributed by atoms with Gasteiger partial charge in [0.1, 0.15) is 35.4 Å². The Hall–Kier alpha value is -8.33. The lowest BCUT2D eigenvalue weighted by atomic mass is 9.99. The Morgan fingerprint density at radius 2 is 1.31 bits per heavy atom. The number of ether oxygens (including phenoxy) is 5. The number of pyridine rings is 4. The van der Waals surface area contributed by atoms with Gasteiger partial charge in [0.05, 0.1) is 37.0 Å². The van der Waals surface area contributed by atoms with Gasteiger partial charge in [0.25, 0.3) is 11.8 Å². The van der Waals surface area contributed by atoms with Gasteiger partial charge in [-0.3, -0.25) is 24.2 Å². The van der Waals surface area contributed by atoms with Gasteiger partial charge < -0.3 is 34.3 Å². The van der Waals surface area contributed by atoms with Crippen molar-refractivity contribution >= 4 is 17.4 Å². The summed E-state index contributed by atoms with van der Waals surface area (Å²) in [6.07, 6.45) is 9.28. The lowest BCUT2D eigenvalue weighted by Gasteiger charge is -2.20. The fourth-order valence-corrected chi connectivity index (χ4v) is 7.66. The van der Waals surface area contributed by atoms with Crippen molar-refractivity contribution in [2.75, 3.05) is 20.8 Å². The summed E-state index contributed by atoms with van der Waals surface area (Å²) < 4.78 is 31.0. The molecule has 0 saturated heterocycles. The number of amides is 2. The number of carbonyl (C=O) groups excluding carboxylic acids is 2. The minimum Gasteiger partial charge on any atom is -0.493 e. The van der Waals surface area contributed by atoms with Crippen molar-refractivity contribution in [2.24, 2.45) is 7.05 Å². The third-order valence-corrected chi connectivity index (χ3v) is 11.2. The highest BCUT2D eigenvalue weighted by Crippen LogP contribution is 2.36. The molecule has 0 radical (unpaired) electrons. The van der Waals surface area contributed by atoms with Gasteiger partial charge in [0, 0.05) is 115 Å². The van der Waals surface area contributed by atoms with E-state index in [4.69, 9.17) is 38.8 Å². The molecule has 15 heteroatoms. The van der Waals surface area contributed by atoms with Crippen molar-refractivity contribution in [2.45, 2.75) is 47.2 Å². The summed E-state index contributed by atoms with van der Waals surface area (Å²) in [4.78, 5) is 45.1. The lowest BCUT2D eigenvalue weighted by molar-refractivity contribution is 0.0942. The molecule has 0 bridgehead atoms. The van der Waals surface area contributed by atoms with Crippen molar-refractivity contribution in [1.82, 2.24) is 40.3 Å². The van der Waals surface area contributed by atoms with E-state index < -0.39 is 0 Å². The van der Waals surface area contributed by atoms with E-state index in [2.05, 4.69) is 20.6 Å². The van der Waals surface area contributed by atoms with E-state index in [0.29, 0.717) is 100 Å². The number of rotatable bonds is 16. The van der Waals surface area contributed by atoms with E-state index in [9.17, 15) is 9.59 Å². The molecule has 0 atom stereocenters. The number of hydrogen-bond acceptors (Lipinski definition) is 12. The van der Waals surface area contributed by atoms with Crippen LogP contribution in [0.5, 0.6) is 34.8 Å². The summed E-state index contributed by atoms with van der Waals surface area (Å²) in [6.45, 7) is 8.76. The first-order chi connectivity index (χ1) is 32.5. The fourth-order valence-electron chi connectivity index (χ4n) is 7.66. The zero-order valence-electron chi connectivity index (χ0n) is 38.3. The Labute approximate surface area is 388 Å². The number of nitrogens with one attached hydrogen (secondary N) is 2. The van der Waals surface area contributed by atoms with Gasteiger partial charge in [0.15, 0.2) is 0 Å². The molecular weight excluding hydrogens is 849 g/mol. The van der Waals surface area contributed by atoms with Crippen LogP contribution in [0.1, 0.15) is 73.9 Å². The molecule has 5 aromatic heterocycles. The first-order valence-corrected chi connectivity index (χ1v) is 21.6. The van der Waals surface area contributed by atoms with Gasteiger partial charge in [-0.25, -0.2) is 9.97 Å². The summed E-state index contributed by atoms with van der Waals surface area (Å²) in [7, 11) is 4.97. The van der Waals surface area contributed by atoms with Crippen LogP contribution in [0, 0.1) is 13.8 Å². The highest BCUT2D eigenvalue weighted by atomic mass is 16.5. The monoisotopic (exact) mass is 898 g/mol. The SMILES string of the molecule is COc1ccc(CNC(=O)c2cccc(Oc3cc(Cc4nn(C)cc4-c4cc(Oc5cccc(C(=O)NCc6ccc(OC)nc6)c5C)ccn4)nc(C4=C(C)OCC=C4C)c3)c2C)cn1. The van der Waals surface area contributed by atoms with Gasteiger partial charge in [-0.15, -0.1) is 0 Å². The second-order valence-electron chi connectivity index (χ2n) is 15.9. The van der Waals surface area contributed by atoms with Gasteiger partial charge >= 0.3 is 0 Å². The van der Waals surface area contributed by atoms with Gasteiger partial charge in [-0.05, 0) is 80.8 Å². The number of methoxy groups -OCH3 is 2. The van der Waals surface area contributed by atoms with Crippen LogP contribution in [-0.2, 0) is 31.3 Å². The van der Waals surface area contributed by atoms with Crippen molar-refractivity contribution in [3.05, 3.63) is 178 Å². The van der Waals surface area contributed by atoms with E-state index >= 15 is 0 Å². The minimum atomic E-state index is -0.243. The van der Waals surface area contributed by atoms with Crippen molar-refractivity contribution in [3.8, 4) is 46.0 Å². The van der Waals surface area contributed by atoms with E-state index in [1.807, 2.05) is 89.5 Å². The number of nitrogens with zero attached hydrogens (tertiary/aromatic N) is 6. The molecule has 8 rings (SSSR count). The Balaban J connectivity index is 1.04. The van der Waals surface area contributed by atoms with Crippen LogP contribution in [0.4, 0.5) is 0 Å². The lowest BCUT2D eigenvalue weighted by Crippen LogP contribution is -2.23. The topological polar surface area (TPSA) is 174 Å². The van der Waals surface area contributed by atoms with Crippen LogP contribution >= 0.6 is 0 Å². The molecule has 1 aliphatic rings. The molecule has 2 aromatic carbocycles. The van der Waals surface area contributed by atoms with Gasteiger partial charge in [-0.2, -0.15) is 5.10 Å². The summed E-state index contributed by atoms with van der Waals surface area (Å²) in [5.74, 6) is 3.39. The second-order valence-corrected chi connectivity index (χ2v) is 15.9. The highest BCUT2D eigenvalue weighted by Gasteiger charge is 2.21. The van der Waals surface area contributed by atoms with Crippen LogP contribution in [0.2, 0.25) is 0 Å². The maximum Gasteiger partial charge on any atom is 0.251 e. The standard InChI is InChI=1S/C52H50N8O7/c1-31-19-21-65-34(4)50(31)45-25-39(67-47-13-9-11-41(33(47)3)52(62)57-29-36-15-17-49(64-7)55-27-36)22-37(58-45)23-44-42(30-60(5)59-44)43-24-38(18-20-53-43)66-46-12-8-10-40(32(46)2)51(61)56-28-35-14-16-48(63-6)54-26-35/h8-20,22,24-27,30H,21,23,28-29H2,1-7H3,(H,56,61)(H,57,62). The van der Waals surface area contributed by atoms with Crippen LogP contribution in [-0.4, -0.2) is 62.4 Å². The van der Waals surface area contributed by atoms with E-state index in [1.165, 1.54) is 0 Å². The maximum atomic E-state index is 13.5. The zero-order valence-corrected chi connectivity index (χ0v) is 38.3. The average molecular weight is 899 g/mol. The Bertz CT molecular complexity index is 3020. The number of benzene rings is 2. The highest BCUT2D eigenvalue weighted by molar-refractivity contribution is 5.97. The zero-order chi connectivity index (χ0) is 47.0. The molecule has 0 saturated carbocycles. The Morgan fingerprint density at radius 3 is 1.88 bits per heavy atom. The molecule has 1 aliphatic heterocycles. The molecule has 2 amide bonds. The summed E-state index contributed by atoms with van der Waals surface area (Å²) in [5, 5.41) is 10.8. The van der Waals surface area contributed by atoms with Gasteiger partial charge in [-0.1, -0.05) is 24.3 Å². The summed E-state index contributed by atoms with van der Waals surface area (Å²) in [6, 6.07) is 25.4. The third kappa shape index (κ3) is 10.6. The van der Waals surface area contributed by atoms with Crippen molar-refractivity contribution in [3.63, 3.8) is 0 Å². The van der Waals surface area contributed by atoms with Crippen LogP contribution in [0.15, 0.2) is 127 Å². The number of hydrogen-bond donors (Lipinski definition) is 2. The molecule has 0 unspecified atom stereocenters. The van der Waals surface area contributed by atoms with E-state index in [1.54, 1.807) is 80.0 Å². The van der Waals surface area contributed by atoms with Crippen molar-refractivity contribution < 1.29 is 33.3 Å². The number of aromatic nitrogens is 6. The number of carbonyl (C=O) groups is 2. The molecule has 340 valence electrons. The molecular formula is C52H50N8O7. The van der Waals surface area contributed by atoms with Crippen LogP contribution in [0.3, 0.4) is 0 Å². The smallest absolute Gasteiger partial charge is 0.251 e. The first kappa shape index (κ1) is 45.2. The Kier molecular flexibility index (Phi) is 13.7. The fraction of sp³-hybridized carbons (Fsp3) is 0.212. The molecule has 0 spiro atoms. The summed E-state index contributed by atoms with van der Waals surface area (Å²) in [5.41, 5.74) is 9.43. The van der Waals surface area contributed by atoms with Crippen LogP contribution < -0.4 is 29.6 Å². The maximum absolute atomic E-state index is 13.5. The van der Waals surface area contributed by atoms with E-state index in [-0.39, 0.29) is 11.8 Å². The summed E-state index contributed by atoms with van der Waals surface area (Å²) >= 11 is 0. The first-order valence-electron chi connectivity index (χ1n) is 21.6. The molecule has 0 aliphatic carbocycles. The minimum absolute atomic E-state index is 0.236. The molecule has 67 heavy (non-hydrogen) atoms. The number of allylic oxidation sites excluding steroid dienone is 3. The molecule has 7 aromatic rings. The quantitative estimate of drug-likeness (QED) is 0.0944. The molecule has 15 nitrogen and oxygen atoms in total. The average Bonchev–Trinajstić information content (AvgIpc) is 3.70. The van der Waals surface area contributed by atoms with Gasteiger partial charge in [0.2, 0.25) is 11.8 Å². The Morgan fingerprint density at radius 1 is 0.716 bits per heavy atom. The third-order valence-electron chi connectivity index (χ3n) is 11.2. The predicted octanol–water partition coefficient (Wildman–Crippen LogP) is 9.04. The van der Waals surface area contributed by atoms with Crippen molar-refractivity contribution in [1.29, 1.82) is 0 Å². The molecule has 6 heterocycles. The van der Waals surface area contributed by atoms with E-state index in [0.717, 1.165) is 39.3 Å². The predicted molar refractivity (Wildman–Crippen MR) is 252 cm³/mol. The number of aryl methyl sites for hydroxylation is 1.